The van der Waals surface area contributed by atoms with E-state index in [1.165, 1.54) is 0 Å². The van der Waals surface area contributed by atoms with Crippen LogP contribution in [0, 0.1) is 0 Å². The molecule has 98 valence electrons. The van der Waals surface area contributed by atoms with Crippen LogP contribution in [-0.4, -0.2) is 49.2 Å². The third-order valence-corrected chi connectivity index (χ3v) is 3.48. The molecule has 0 spiro atoms. The van der Waals surface area contributed by atoms with E-state index in [1.54, 1.807) is 4.90 Å². The first-order valence-electron chi connectivity index (χ1n) is 6.32. The average Bonchev–Trinajstić information content (AvgIpc) is 2.86. The molecule has 0 aromatic heterocycles. The predicted molar refractivity (Wildman–Crippen MR) is 71.9 cm³/mol. The van der Waals surface area contributed by atoms with E-state index in [1.807, 2.05) is 43.3 Å². The molecule has 18 heavy (non-hydrogen) atoms. The summed E-state index contributed by atoms with van der Waals surface area (Å²) in [4.78, 5) is 16.1. The van der Waals surface area contributed by atoms with Crippen molar-refractivity contribution < 1.29 is 9.90 Å². The van der Waals surface area contributed by atoms with Crippen LogP contribution in [-0.2, 0) is 0 Å². The third-order valence-electron chi connectivity index (χ3n) is 3.48. The topological polar surface area (TPSA) is 43.8 Å². The number of likely N-dealkylation sites (tertiary alicyclic amines) is 1. The van der Waals surface area contributed by atoms with Crippen molar-refractivity contribution in [2.24, 2.45) is 0 Å². The van der Waals surface area contributed by atoms with Crippen molar-refractivity contribution in [1.82, 2.24) is 4.90 Å². The second-order valence-corrected chi connectivity index (χ2v) is 4.92. The molecule has 1 amide bonds. The van der Waals surface area contributed by atoms with Gasteiger partial charge in [0.15, 0.2) is 0 Å². The SMILES string of the molecule is CN(C)c1ccc(C(=O)N2CCCC2CO)cc1. The highest BCUT2D eigenvalue weighted by molar-refractivity contribution is 5.95. The molecule has 1 unspecified atom stereocenters. The number of aliphatic hydroxyl groups is 1. The average molecular weight is 248 g/mol. The van der Waals surface area contributed by atoms with Crippen molar-refractivity contribution in [2.45, 2.75) is 18.9 Å². The molecule has 1 aromatic rings. The Morgan fingerprint density at radius 3 is 2.61 bits per heavy atom. The Bertz CT molecular complexity index is 414. The molecule has 1 saturated heterocycles. The maximum absolute atomic E-state index is 12.3. The van der Waals surface area contributed by atoms with Gasteiger partial charge in [-0.3, -0.25) is 4.79 Å². The fourth-order valence-corrected chi connectivity index (χ4v) is 2.36. The van der Waals surface area contributed by atoms with E-state index in [2.05, 4.69) is 0 Å². The number of rotatable bonds is 3. The number of anilines is 1. The van der Waals surface area contributed by atoms with Crippen molar-refractivity contribution in [3.05, 3.63) is 29.8 Å². The maximum atomic E-state index is 12.3. The molecule has 0 aliphatic carbocycles. The summed E-state index contributed by atoms with van der Waals surface area (Å²) < 4.78 is 0. The molecule has 1 atom stereocenters. The number of nitrogens with zero attached hydrogens (tertiary/aromatic N) is 2. The van der Waals surface area contributed by atoms with Gasteiger partial charge in [0.05, 0.1) is 12.6 Å². The van der Waals surface area contributed by atoms with Gasteiger partial charge >= 0.3 is 0 Å². The van der Waals surface area contributed by atoms with Crippen LogP contribution < -0.4 is 4.90 Å². The van der Waals surface area contributed by atoms with Crippen LogP contribution in [0.1, 0.15) is 23.2 Å². The van der Waals surface area contributed by atoms with Crippen molar-refractivity contribution in [2.75, 3.05) is 32.1 Å². The fraction of sp³-hybridized carbons (Fsp3) is 0.500. The van der Waals surface area contributed by atoms with Gasteiger partial charge < -0.3 is 14.9 Å². The summed E-state index contributed by atoms with van der Waals surface area (Å²) in [6.07, 6.45) is 1.88. The Morgan fingerprint density at radius 2 is 2.06 bits per heavy atom. The highest BCUT2D eigenvalue weighted by Crippen LogP contribution is 2.21. The highest BCUT2D eigenvalue weighted by Gasteiger charge is 2.28. The van der Waals surface area contributed by atoms with Gasteiger partial charge in [-0.05, 0) is 37.1 Å². The zero-order valence-corrected chi connectivity index (χ0v) is 11.0. The zero-order chi connectivity index (χ0) is 13.1. The van der Waals surface area contributed by atoms with Crippen molar-refractivity contribution >= 4 is 11.6 Å². The smallest absolute Gasteiger partial charge is 0.254 e. The summed E-state index contributed by atoms with van der Waals surface area (Å²) in [6.45, 7) is 0.807. The van der Waals surface area contributed by atoms with Gasteiger partial charge in [-0.2, -0.15) is 0 Å². The summed E-state index contributed by atoms with van der Waals surface area (Å²) >= 11 is 0. The molecule has 1 fully saturated rings. The summed E-state index contributed by atoms with van der Waals surface area (Å²) in [7, 11) is 3.94. The Hall–Kier alpha value is -1.55. The van der Waals surface area contributed by atoms with E-state index < -0.39 is 0 Å². The molecule has 2 rings (SSSR count). The van der Waals surface area contributed by atoms with E-state index in [-0.39, 0.29) is 18.6 Å². The van der Waals surface area contributed by atoms with Crippen LogP contribution in [0.3, 0.4) is 0 Å². The van der Waals surface area contributed by atoms with Crippen molar-refractivity contribution in [3.8, 4) is 0 Å². The second-order valence-electron chi connectivity index (χ2n) is 4.92. The summed E-state index contributed by atoms with van der Waals surface area (Å²) in [5, 5.41) is 9.25. The molecule has 1 aliphatic heterocycles. The molecular weight excluding hydrogens is 228 g/mol. The molecule has 1 heterocycles. The molecule has 0 radical (unpaired) electrons. The second kappa shape index (κ2) is 5.40. The van der Waals surface area contributed by atoms with Crippen LogP contribution >= 0.6 is 0 Å². The number of aliphatic hydroxyl groups excluding tert-OH is 1. The minimum absolute atomic E-state index is 0.00831. The minimum atomic E-state index is -0.00831. The number of hydrogen-bond donors (Lipinski definition) is 1. The molecule has 4 nitrogen and oxygen atoms in total. The number of amides is 1. The fourth-order valence-electron chi connectivity index (χ4n) is 2.36. The molecule has 1 N–H and O–H groups in total. The lowest BCUT2D eigenvalue weighted by molar-refractivity contribution is 0.0677. The Balaban J connectivity index is 2.13. The minimum Gasteiger partial charge on any atom is -0.394 e. The van der Waals surface area contributed by atoms with Gasteiger partial charge in [0, 0.05) is 31.9 Å². The van der Waals surface area contributed by atoms with E-state index in [4.69, 9.17) is 0 Å². The number of carbonyl (C=O) groups is 1. The van der Waals surface area contributed by atoms with Gasteiger partial charge in [0.2, 0.25) is 0 Å². The standard InChI is InChI=1S/C14H20N2O2/c1-15(2)12-7-5-11(6-8-12)14(18)16-9-3-4-13(16)10-17/h5-8,13,17H,3-4,9-10H2,1-2H3. The molecular formula is C14H20N2O2. The largest absolute Gasteiger partial charge is 0.394 e. The van der Waals surface area contributed by atoms with Crippen LogP contribution in [0.25, 0.3) is 0 Å². The maximum Gasteiger partial charge on any atom is 0.254 e. The first kappa shape index (κ1) is 12.9. The Kier molecular flexibility index (Phi) is 3.87. The monoisotopic (exact) mass is 248 g/mol. The van der Waals surface area contributed by atoms with Crippen LogP contribution in [0.4, 0.5) is 5.69 Å². The molecule has 4 heteroatoms. The van der Waals surface area contributed by atoms with Gasteiger partial charge in [-0.1, -0.05) is 0 Å². The van der Waals surface area contributed by atoms with Crippen molar-refractivity contribution in [1.29, 1.82) is 0 Å². The first-order valence-corrected chi connectivity index (χ1v) is 6.32. The van der Waals surface area contributed by atoms with Crippen LogP contribution in [0.5, 0.6) is 0 Å². The summed E-state index contributed by atoms with van der Waals surface area (Å²) in [5.41, 5.74) is 1.77. The number of benzene rings is 1. The normalized spacial score (nSPS) is 19.1. The lowest BCUT2D eigenvalue weighted by Crippen LogP contribution is -2.37. The van der Waals surface area contributed by atoms with E-state index in [9.17, 15) is 9.90 Å². The number of carbonyl (C=O) groups excluding carboxylic acids is 1. The molecule has 0 bridgehead atoms. The lowest BCUT2D eigenvalue weighted by Gasteiger charge is -2.23. The summed E-state index contributed by atoms with van der Waals surface area (Å²) in [6, 6.07) is 7.58. The van der Waals surface area contributed by atoms with Gasteiger partial charge in [-0.15, -0.1) is 0 Å². The van der Waals surface area contributed by atoms with E-state index in [0.717, 1.165) is 25.1 Å². The predicted octanol–water partition coefficient (Wildman–Crippen LogP) is 1.35. The molecule has 1 aliphatic rings. The molecule has 1 aromatic carbocycles. The van der Waals surface area contributed by atoms with Crippen molar-refractivity contribution in [3.63, 3.8) is 0 Å². The number of hydrogen-bond acceptors (Lipinski definition) is 3. The highest BCUT2D eigenvalue weighted by atomic mass is 16.3. The van der Waals surface area contributed by atoms with Gasteiger partial charge in [0.1, 0.15) is 0 Å². The Morgan fingerprint density at radius 1 is 1.39 bits per heavy atom. The van der Waals surface area contributed by atoms with E-state index >= 15 is 0 Å². The quantitative estimate of drug-likeness (QED) is 0.878. The third kappa shape index (κ3) is 2.48. The lowest BCUT2D eigenvalue weighted by atomic mass is 10.1. The zero-order valence-electron chi connectivity index (χ0n) is 11.0. The molecule has 0 saturated carbocycles. The van der Waals surface area contributed by atoms with E-state index in [0.29, 0.717) is 5.56 Å². The van der Waals surface area contributed by atoms with Crippen LogP contribution in [0.15, 0.2) is 24.3 Å². The first-order chi connectivity index (χ1) is 8.63. The van der Waals surface area contributed by atoms with Crippen LogP contribution in [0.2, 0.25) is 0 Å². The van der Waals surface area contributed by atoms with Gasteiger partial charge in [0.25, 0.3) is 5.91 Å². The summed E-state index contributed by atoms with van der Waals surface area (Å²) in [5.74, 6) is 0.0249. The Labute approximate surface area is 108 Å². The van der Waals surface area contributed by atoms with Gasteiger partial charge in [-0.25, -0.2) is 0 Å².